The minimum atomic E-state index is -0.0678. The summed E-state index contributed by atoms with van der Waals surface area (Å²) in [5.41, 5.74) is 4.84. The zero-order valence-corrected chi connectivity index (χ0v) is 18.7. The molecule has 0 aliphatic heterocycles. The van der Waals surface area contributed by atoms with Gasteiger partial charge in [0.05, 0.1) is 23.1 Å². The van der Waals surface area contributed by atoms with Gasteiger partial charge in [-0.3, -0.25) is 13.8 Å². The minimum absolute atomic E-state index is 0.0678. The summed E-state index contributed by atoms with van der Waals surface area (Å²) >= 11 is 1.56. The Morgan fingerprint density at radius 3 is 2.61 bits per heavy atom. The lowest BCUT2D eigenvalue weighted by molar-refractivity contribution is 0.764. The molecule has 4 heterocycles. The van der Waals surface area contributed by atoms with Gasteiger partial charge in [0.2, 0.25) is 5.78 Å². The van der Waals surface area contributed by atoms with Crippen LogP contribution in [0.25, 0.3) is 22.3 Å². The lowest BCUT2D eigenvalue weighted by Crippen LogP contribution is -2.24. The molecule has 8 heteroatoms. The summed E-state index contributed by atoms with van der Waals surface area (Å²) in [5, 5.41) is 10.3. The van der Waals surface area contributed by atoms with Gasteiger partial charge in [0.25, 0.3) is 5.56 Å². The van der Waals surface area contributed by atoms with Crippen molar-refractivity contribution in [1.82, 2.24) is 28.5 Å². The molecular formula is C25H20N6OS. The minimum Gasteiger partial charge on any atom is -0.307 e. The number of nitrogens with zero attached hydrogens (tertiary/aromatic N) is 6. The molecule has 2 aromatic carbocycles. The van der Waals surface area contributed by atoms with E-state index in [-0.39, 0.29) is 5.56 Å². The second kappa shape index (κ2) is 7.90. The molecule has 6 aromatic rings. The van der Waals surface area contributed by atoms with Crippen LogP contribution in [0.5, 0.6) is 0 Å². The largest absolute Gasteiger partial charge is 0.307 e. The Kier molecular flexibility index (Phi) is 4.73. The fourth-order valence-electron chi connectivity index (χ4n) is 4.15. The summed E-state index contributed by atoms with van der Waals surface area (Å²) in [6.07, 6.45) is 4.05. The summed E-state index contributed by atoms with van der Waals surface area (Å²) in [7, 11) is 0. The molecule has 0 unspecified atom stereocenters. The van der Waals surface area contributed by atoms with Gasteiger partial charge < -0.3 is 4.40 Å². The maximum absolute atomic E-state index is 13.3. The van der Waals surface area contributed by atoms with Gasteiger partial charge in [-0.25, -0.2) is 4.98 Å². The molecule has 0 N–H and O–H groups in total. The van der Waals surface area contributed by atoms with E-state index in [4.69, 9.17) is 4.98 Å². The van der Waals surface area contributed by atoms with Gasteiger partial charge >= 0.3 is 0 Å². The van der Waals surface area contributed by atoms with Gasteiger partial charge in [-0.05, 0) is 36.2 Å². The van der Waals surface area contributed by atoms with Gasteiger partial charge in [0.1, 0.15) is 5.65 Å². The average Bonchev–Trinajstić information content (AvgIpc) is 3.46. The number of hydrogen-bond donors (Lipinski definition) is 0. The number of aromatic nitrogens is 6. The number of fused-ring (bicyclic) bond motifs is 4. The van der Waals surface area contributed by atoms with Gasteiger partial charge in [-0.1, -0.05) is 60.3 Å². The Bertz CT molecular complexity index is 1680. The normalized spacial score (nSPS) is 11.7. The summed E-state index contributed by atoms with van der Waals surface area (Å²) in [6, 6.07) is 21.6. The third-order valence-corrected chi connectivity index (χ3v) is 6.70. The van der Waals surface area contributed by atoms with E-state index >= 15 is 0 Å². The van der Waals surface area contributed by atoms with E-state index < -0.39 is 0 Å². The van der Waals surface area contributed by atoms with E-state index in [0.717, 1.165) is 33.1 Å². The lowest BCUT2D eigenvalue weighted by Gasteiger charge is -2.11. The molecule has 4 aromatic heterocycles. The molecule has 0 saturated carbocycles. The van der Waals surface area contributed by atoms with Crippen LogP contribution in [0.15, 0.2) is 89.1 Å². The lowest BCUT2D eigenvalue weighted by atomic mass is 10.2. The molecule has 0 bridgehead atoms. The quantitative estimate of drug-likeness (QED) is 0.364. The number of aryl methyl sites for hydroxylation is 1. The van der Waals surface area contributed by atoms with E-state index in [0.29, 0.717) is 23.5 Å². The van der Waals surface area contributed by atoms with Gasteiger partial charge in [0, 0.05) is 18.1 Å². The first kappa shape index (κ1) is 19.8. The third kappa shape index (κ3) is 3.39. The third-order valence-electron chi connectivity index (χ3n) is 5.74. The molecule has 6 rings (SSSR count). The van der Waals surface area contributed by atoms with Crippen molar-refractivity contribution in [1.29, 1.82) is 0 Å². The second-order valence-corrected chi connectivity index (χ2v) is 8.90. The second-order valence-electron chi connectivity index (χ2n) is 7.96. The zero-order chi connectivity index (χ0) is 22.4. The predicted octanol–water partition coefficient (Wildman–Crippen LogP) is 4.34. The van der Waals surface area contributed by atoms with Gasteiger partial charge in [-0.15, -0.1) is 10.2 Å². The number of hydrogen-bond acceptors (Lipinski definition) is 5. The zero-order valence-electron chi connectivity index (χ0n) is 17.9. The Balaban J connectivity index is 1.45. The number of para-hydroxylation sites is 1. The van der Waals surface area contributed by atoms with E-state index in [1.807, 2.05) is 81.9 Å². The van der Waals surface area contributed by atoms with Crippen molar-refractivity contribution in [3.05, 3.63) is 106 Å². The molecule has 0 fully saturated rings. The van der Waals surface area contributed by atoms with Crippen LogP contribution in [0, 0.1) is 6.92 Å². The average molecular weight is 453 g/mol. The highest BCUT2D eigenvalue weighted by molar-refractivity contribution is 7.98. The van der Waals surface area contributed by atoms with Crippen LogP contribution in [0.2, 0.25) is 0 Å². The smallest absolute Gasteiger partial charge is 0.263 e. The summed E-state index contributed by atoms with van der Waals surface area (Å²) in [6.45, 7) is 2.49. The topological polar surface area (TPSA) is 69.5 Å². The van der Waals surface area contributed by atoms with E-state index in [1.165, 1.54) is 0 Å². The molecule has 33 heavy (non-hydrogen) atoms. The van der Waals surface area contributed by atoms with E-state index in [2.05, 4.69) is 23.2 Å². The molecule has 0 amide bonds. The molecule has 0 radical (unpaired) electrons. The van der Waals surface area contributed by atoms with Crippen molar-refractivity contribution in [2.45, 2.75) is 24.4 Å². The monoisotopic (exact) mass is 452 g/mol. The van der Waals surface area contributed by atoms with Crippen molar-refractivity contribution in [3.8, 4) is 0 Å². The molecule has 0 aliphatic rings. The van der Waals surface area contributed by atoms with Crippen LogP contribution in [-0.4, -0.2) is 28.5 Å². The molecule has 0 saturated heterocycles. The van der Waals surface area contributed by atoms with Crippen LogP contribution < -0.4 is 5.56 Å². The van der Waals surface area contributed by atoms with Crippen molar-refractivity contribution in [2.75, 3.05) is 0 Å². The van der Waals surface area contributed by atoms with Gasteiger partial charge in [0.15, 0.2) is 5.16 Å². The van der Waals surface area contributed by atoms with Crippen molar-refractivity contribution in [2.24, 2.45) is 0 Å². The van der Waals surface area contributed by atoms with Crippen molar-refractivity contribution in [3.63, 3.8) is 0 Å². The maximum Gasteiger partial charge on any atom is 0.263 e. The number of benzene rings is 2. The molecule has 0 aliphatic carbocycles. The first-order chi connectivity index (χ1) is 16.2. The Labute approximate surface area is 193 Å². The molecule has 0 spiro atoms. The van der Waals surface area contributed by atoms with E-state index in [1.54, 1.807) is 16.3 Å². The highest BCUT2D eigenvalue weighted by Crippen LogP contribution is 2.25. The molecular weight excluding hydrogens is 432 g/mol. The van der Waals surface area contributed by atoms with Crippen LogP contribution in [0.3, 0.4) is 0 Å². The number of imidazole rings is 1. The predicted molar refractivity (Wildman–Crippen MR) is 130 cm³/mol. The Morgan fingerprint density at radius 1 is 0.939 bits per heavy atom. The van der Waals surface area contributed by atoms with Crippen molar-refractivity contribution < 1.29 is 0 Å². The molecule has 0 atom stereocenters. The summed E-state index contributed by atoms with van der Waals surface area (Å²) in [5.74, 6) is 1.18. The highest BCUT2D eigenvalue weighted by Gasteiger charge is 2.17. The standard InChI is InChI=1S/C25H20N6OS/c1-17-8-7-13-29-15-19(26-22(17)29)16-33-25-28-27-24-30(14-18-9-3-2-4-10-18)23(32)20-11-5-6-12-21(20)31(24)25/h2-13,15H,14,16H2,1H3. The first-order valence-corrected chi connectivity index (χ1v) is 11.6. The molecule has 7 nitrogen and oxygen atoms in total. The fraction of sp³-hybridized carbons (Fsp3) is 0.120. The summed E-state index contributed by atoms with van der Waals surface area (Å²) in [4.78, 5) is 18.1. The fourth-order valence-corrected chi connectivity index (χ4v) is 4.97. The Morgan fingerprint density at radius 2 is 1.76 bits per heavy atom. The first-order valence-electron chi connectivity index (χ1n) is 10.7. The highest BCUT2D eigenvalue weighted by atomic mass is 32.2. The molecule has 162 valence electrons. The number of thioether (sulfide) groups is 1. The number of rotatable bonds is 5. The van der Waals surface area contributed by atoms with Gasteiger partial charge in [-0.2, -0.15) is 0 Å². The Hall–Kier alpha value is -3.91. The van der Waals surface area contributed by atoms with Crippen LogP contribution >= 0.6 is 11.8 Å². The van der Waals surface area contributed by atoms with Crippen LogP contribution in [-0.2, 0) is 12.3 Å². The summed E-state index contributed by atoms with van der Waals surface area (Å²) < 4.78 is 5.72. The van der Waals surface area contributed by atoms with E-state index in [9.17, 15) is 4.79 Å². The number of pyridine rings is 1. The van der Waals surface area contributed by atoms with Crippen LogP contribution in [0.1, 0.15) is 16.8 Å². The SMILES string of the molecule is Cc1cccn2cc(CSc3nnc4n(Cc5ccccc5)c(=O)c5ccccc5n34)nc12. The van der Waals surface area contributed by atoms with Crippen molar-refractivity contribution >= 4 is 34.1 Å². The maximum atomic E-state index is 13.3. The van der Waals surface area contributed by atoms with Crippen LogP contribution in [0.4, 0.5) is 0 Å².